The van der Waals surface area contributed by atoms with Crippen LogP contribution in [-0.2, 0) is 20.9 Å². The van der Waals surface area contributed by atoms with Crippen molar-refractivity contribution in [1.29, 1.82) is 0 Å². The molecule has 0 heterocycles. The van der Waals surface area contributed by atoms with E-state index < -0.39 is 23.6 Å². The number of carbonyl (C=O) groups excluding carboxylic acids is 3. The fourth-order valence-corrected chi connectivity index (χ4v) is 3.28. The highest BCUT2D eigenvalue weighted by atomic mass is 16.6. The Hall–Kier alpha value is -3.61. The largest absolute Gasteiger partial charge is 0.444 e. The van der Waals surface area contributed by atoms with Gasteiger partial charge in [-0.1, -0.05) is 61.2 Å². The van der Waals surface area contributed by atoms with Gasteiger partial charge in [0.15, 0.2) is 0 Å². The molecular formula is C26H33N3O4. The van der Waals surface area contributed by atoms with Crippen molar-refractivity contribution in [1.82, 2.24) is 15.5 Å². The second kappa shape index (κ2) is 11.9. The van der Waals surface area contributed by atoms with E-state index >= 15 is 0 Å². The number of ether oxygens (including phenoxy) is 1. The molecule has 0 saturated carbocycles. The van der Waals surface area contributed by atoms with Crippen molar-refractivity contribution in [3.63, 3.8) is 0 Å². The summed E-state index contributed by atoms with van der Waals surface area (Å²) in [4.78, 5) is 39.8. The Kier molecular flexibility index (Phi) is 9.21. The Morgan fingerprint density at radius 2 is 1.76 bits per heavy atom. The van der Waals surface area contributed by atoms with Crippen LogP contribution in [0.2, 0.25) is 0 Å². The van der Waals surface area contributed by atoms with E-state index in [2.05, 4.69) is 17.2 Å². The quantitative estimate of drug-likeness (QED) is 0.602. The fraction of sp³-hybridized carbons (Fsp3) is 0.346. The lowest BCUT2D eigenvalue weighted by molar-refractivity contribution is -0.140. The van der Waals surface area contributed by atoms with Gasteiger partial charge in [-0.25, -0.2) is 4.79 Å². The molecule has 0 radical (unpaired) electrons. The van der Waals surface area contributed by atoms with Crippen LogP contribution < -0.4 is 10.6 Å². The van der Waals surface area contributed by atoms with Crippen LogP contribution >= 0.6 is 0 Å². The summed E-state index contributed by atoms with van der Waals surface area (Å²) in [5.41, 5.74) is 1.77. The zero-order valence-corrected chi connectivity index (χ0v) is 19.8. The molecule has 7 nitrogen and oxygen atoms in total. The molecule has 0 spiro atoms. The third-order valence-corrected chi connectivity index (χ3v) is 4.78. The number of amides is 3. The van der Waals surface area contributed by atoms with Crippen LogP contribution in [0.15, 0.2) is 61.2 Å². The molecule has 2 aromatic rings. The lowest BCUT2D eigenvalue weighted by Crippen LogP contribution is -2.47. The van der Waals surface area contributed by atoms with E-state index in [9.17, 15) is 14.4 Å². The van der Waals surface area contributed by atoms with Crippen molar-refractivity contribution in [2.75, 3.05) is 13.1 Å². The normalized spacial score (nSPS) is 11.8. The summed E-state index contributed by atoms with van der Waals surface area (Å²) in [5, 5.41) is 5.41. The van der Waals surface area contributed by atoms with E-state index in [0.29, 0.717) is 12.1 Å². The number of likely N-dealkylation sites (N-methyl/N-ethyl adjacent to an activating group) is 1. The molecule has 2 aromatic carbocycles. The molecule has 2 rings (SSSR count). The zero-order chi connectivity index (χ0) is 24.4. The molecule has 0 aliphatic carbocycles. The molecule has 7 heteroatoms. The molecule has 0 aromatic heterocycles. The highest BCUT2D eigenvalue weighted by Gasteiger charge is 2.31. The molecule has 2 N–H and O–H groups in total. The van der Waals surface area contributed by atoms with Crippen LogP contribution in [0.4, 0.5) is 4.79 Å². The number of hydrogen-bond acceptors (Lipinski definition) is 4. The molecule has 3 amide bonds. The van der Waals surface area contributed by atoms with Gasteiger partial charge in [-0.3, -0.25) is 9.59 Å². The first-order chi connectivity index (χ1) is 15.6. The third-order valence-electron chi connectivity index (χ3n) is 4.78. The number of hydrogen-bond donors (Lipinski definition) is 2. The predicted molar refractivity (Wildman–Crippen MR) is 129 cm³/mol. The Morgan fingerprint density at radius 3 is 2.36 bits per heavy atom. The predicted octanol–water partition coefficient (Wildman–Crippen LogP) is 4.06. The molecular weight excluding hydrogens is 418 g/mol. The average Bonchev–Trinajstić information content (AvgIpc) is 2.79. The Labute approximate surface area is 195 Å². The second-order valence-electron chi connectivity index (χ2n) is 8.52. The molecule has 0 aliphatic rings. The van der Waals surface area contributed by atoms with Crippen LogP contribution in [0.3, 0.4) is 0 Å². The van der Waals surface area contributed by atoms with Gasteiger partial charge in [0.2, 0.25) is 11.8 Å². The monoisotopic (exact) mass is 451 g/mol. The minimum atomic E-state index is -0.869. The number of alkyl carbamates (subject to hydrolysis) is 1. The van der Waals surface area contributed by atoms with Crippen LogP contribution in [0.5, 0.6) is 0 Å². The maximum absolute atomic E-state index is 13.3. The summed E-state index contributed by atoms with van der Waals surface area (Å²) in [6.07, 6.45) is 0.996. The summed E-state index contributed by atoms with van der Waals surface area (Å²) in [6.45, 7) is 11.1. The molecule has 176 valence electrons. The highest BCUT2D eigenvalue weighted by molar-refractivity contribution is 5.90. The van der Waals surface area contributed by atoms with Crippen molar-refractivity contribution in [2.45, 2.75) is 45.9 Å². The van der Waals surface area contributed by atoms with Gasteiger partial charge in [0.1, 0.15) is 18.2 Å². The van der Waals surface area contributed by atoms with Crippen molar-refractivity contribution in [2.24, 2.45) is 0 Å². The maximum Gasteiger partial charge on any atom is 0.408 e. The van der Waals surface area contributed by atoms with Crippen molar-refractivity contribution in [3.8, 4) is 0 Å². The van der Waals surface area contributed by atoms with Gasteiger partial charge < -0.3 is 20.3 Å². The number of nitrogens with one attached hydrogen (secondary N) is 2. The van der Waals surface area contributed by atoms with E-state index in [-0.39, 0.29) is 19.0 Å². The molecule has 1 unspecified atom stereocenters. The van der Waals surface area contributed by atoms with Crippen LogP contribution in [0.1, 0.15) is 50.4 Å². The Bertz CT molecular complexity index is 967. The van der Waals surface area contributed by atoms with Crippen molar-refractivity contribution in [3.05, 3.63) is 77.9 Å². The highest BCUT2D eigenvalue weighted by Crippen LogP contribution is 2.23. The van der Waals surface area contributed by atoms with Crippen LogP contribution in [0.25, 0.3) is 6.08 Å². The first-order valence-electron chi connectivity index (χ1n) is 10.9. The van der Waals surface area contributed by atoms with E-state index in [1.807, 2.05) is 48.5 Å². The summed E-state index contributed by atoms with van der Waals surface area (Å²) in [5.74, 6) is -0.709. The van der Waals surface area contributed by atoms with E-state index in [1.54, 1.807) is 39.8 Å². The van der Waals surface area contributed by atoms with E-state index in [4.69, 9.17) is 4.74 Å². The van der Waals surface area contributed by atoms with Crippen molar-refractivity contribution >= 4 is 24.0 Å². The van der Waals surface area contributed by atoms with Gasteiger partial charge in [0.05, 0.1) is 0 Å². The number of nitrogens with zero attached hydrogens (tertiary/aromatic N) is 1. The Morgan fingerprint density at radius 1 is 1.06 bits per heavy atom. The van der Waals surface area contributed by atoms with Gasteiger partial charge in [0, 0.05) is 13.1 Å². The van der Waals surface area contributed by atoms with Gasteiger partial charge in [-0.2, -0.15) is 0 Å². The average molecular weight is 452 g/mol. The first kappa shape index (κ1) is 25.6. The van der Waals surface area contributed by atoms with E-state index in [0.717, 1.165) is 11.1 Å². The van der Waals surface area contributed by atoms with Crippen molar-refractivity contribution < 1.29 is 19.1 Å². The summed E-state index contributed by atoms with van der Waals surface area (Å²) < 4.78 is 5.20. The van der Waals surface area contributed by atoms with Crippen LogP contribution in [-0.4, -0.2) is 41.5 Å². The molecule has 0 aliphatic heterocycles. The maximum atomic E-state index is 13.3. The third kappa shape index (κ3) is 8.11. The zero-order valence-electron chi connectivity index (χ0n) is 19.8. The number of carbonyl (C=O) groups is 3. The number of benzene rings is 2. The molecule has 33 heavy (non-hydrogen) atoms. The standard InChI is InChI=1S/C26H33N3O4/c1-6-19-14-11-15-21(16-19)23(24(31)27-17-20-12-9-8-10-13-20)29(7-2)22(30)18-28-25(32)33-26(3,4)5/h6,8-16,23H,1,7,17-18H2,2-5H3,(H,27,31)(H,28,32). The SMILES string of the molecule is C=Cc1cccc(C(C(=O)NCc2ccccc2)N(CC)C(=O)CNC(=O)OC(C)(C)C)c1. The lowest BCUT2D eigenvalue weighted by Gasteiger charge is -2.31. The van der Waals surface area contributed by atoms with Gasteiger partial charge >= 0.3 is 6.09 Å². The fourth-order valence-electron chi connectivity index (χ4n) is 3.28. The first-order valence-corrected chi connectivity index (χ1v) is 10.9. The number of rotatable bonds is 9. The molecule has 0 fully saturated rings. The Balaban J connectivity index is 2.23. The molecule has 0 saturated heterocycles. The minimum absolute atomic E-state index is 0.274. The summed E-state index contributed by atoms with van der Waals surface area (Å²) >= 11 is 0. The summed E-state index contributed by atoms with van der Waals surface area (Å²) in [6, 6.07) is 16.0. The topological polar surface area (TPSA) is 87.7 Å². The van der Waals surface area contributed by atoms with E-state index in [1.165, 1.54) is 4.90 Å². The smallest absolute Gasteiger partial charge is 0.408 e. The minimum Gasteiger partial charge on any atom is -0.444 e. The molecule has 0 bridgehead atoms. The second-order valence-corrected chi connectivity index (χ2v) is 8.52. The van der Waals surface area contributed by atoms with Gasteiger partial charge in [-0.15, -0.1) is 0 Å². The summed E-state index contributed by atoms with van der Waals surface area (Å²) in [7, 11) is 0. The molecule has 1 atom stereocenters. The van der Waals surface area contributed by atoms with Gasteiger partial charge in [0.25, 0.3) is 0 Å². The van der Waals surface area contributed by atoms with Gasteiger partial charge in [-0.05, 0) is 50.5 Å². The lowest BCUT2D eigenvalue weighted by atomic mass is 10.0. The van der Waals surface area contributed by atoms with Crippen LogP contribution in [0, 0.1) is 0 Å².